The molecule has 21 heavy (non-hydrogen) atoms. The van der Waals surface area contributed by atoms with Crippen LogP contribution in [0.4, 0.5) is 11.5 Å². The lowest BCUT2D eigenvalue weighted by Gasteiger charge is -2.28. The average molecular weight is 294 g/mol. The fourth-order valence-corrected chi connectivity index (χ4v) is 2.15. The molecule has 0 saturated heterocycles. The summed E-state index contributed by atoms with van der Waals surface area (Å²) >= 11 is 0. The first-order valence-corrected chi connectivity index (χ1v) is 7.47. The lowest BCUT2D eigenvalue weighted by molar-refractivity contribution is 0.253. The van der Waals surface area contributed by atoms with Gasteiger partial charge in [-0.25, -0.2) is 0 Å². The molecular weight excluding hydrogens is 264 g/mol. The lowest BCUT2D eigenvalue weighted by Crippen LogP contribution is -2.34. The summed E-state index contributed by atoms with van der Waals surface area (Å²) in [5.41, 5.74) is 6.64. The fraction of sp³-hybridized carbons (Fsp3) is 0.688. The number of nitrogens with two attached hydrogens (primary N) is 1. The van der Waals surface area contributed by atoms with E-state index in [0.29, 0.717) is 24.1 Å². The molecule has 0 atom stereocenters. The van der Waals surface area contributed by atoms with Crippen LogP contribution >= 0.6 is 0 Å². The van der Waals surface area contributed by atoms with E-state index < -0.39 is 0 Å². The maximum atomic E-state index is 5.90. The normalized spacial score (nSPS) is 12.0. The molecule has 120 valence electrons. The number of hydrogen-bond acceptors (Lipinski definition) is 5. The molecule has 0 aromatic carbocycles. The summed E-state index contributed by atoms with van der Waals surface area (Å²) in [5.74, 6) is 1.76. The summed E-state index contributed by atoms with van der Waals surface area (Å²) in [5, 5.41) is 3.37. The van der Waals surface area contributed by atoms with Gasteiger partial charge >= 0.3 is 0 Å². The number of ether oxygens (including phenoxy) is 1. The number of aromatic nitrogens is 1. The molecule has 0 saturated carbocycles. The quantitative estimate of drug-likeness (QED) is 0.772. The smallest absolute Gasteiger partial charge is 0.239 e. The molecule has 1 rings (SSSR count). The van der Waals surface area contributed by atoms with Crippen molar-refractivity contribution in [1.82, 2.24) is 9.88 Å². The highest BCUT2D eigenvalue weighted by Gasteiger charge is 2.19. The average Bonchev–Trinajstić information content (AvgIpc) is 2.34. The van der Waals surface area contributed by atoms with Gasteiger partial charge in [0.1, 0.15) is 5.82 Å². The van der Waals surface area contributed by atoms with Gasteiger partial charge in [0.25, 0.3) is 0 Å². The molecule has 5 heteroatoms. The number of nitrogen functional groups attached to an aromatic ring is 1. The van der Waals surface area contributed by atoms with Crippen molar-refractivity contribution in [1.29, 1.82) is 0 Å². The summed E-state index contributed by atoms with van der Waals surface area (Å²) in [6.07, 6.45) is 0. The molecule has 0 aliphatic carbocycles. The van der Waals surface area contributed by atoms with Gasteiger partial charge in [-0.3, -0.25) is 0 Å². The predicted octanol–water partition coefficient (Wildman–Crippen LogP) is 2.70. The summed E-state index contributed by atoms with van der Waals surface area (Å²) < 4.78 is 5.65. The Morgan fingerprint density at radius 2 is 2.00 bits per heavy atom. The van der Waals surface area contributed by atoms with Crippen LogP contribution in [0.2, 0.25) is 0 Å². The first kappa shape index (κ1) is 17.6. The molecule has 1 aromatic rings. The SMILES string of the molecule is CC(C)COc1nc(NCC(C)(C)CN(C)C)ccc1N. The minimum absolute atomic E-state index is 0.158. The molecule has 1 heterocycles. The van der Waals surface area contributed by atoms with Crippen LogP contribution in [0, 0.1) is 11.3 Å². The molecule has 3 N–H and O–H groups in total. The van der Waals surface area contributed by atoms with Crippen LogP contribution in [0.1, 0.15) is 27.7 Å². The molecule has 0 bridgehead atoms. The highest BCUT2D eigenvalue weighted by atomic mass is 16.5. The monoisotopic (exact) mass is 294 g/mol. The second-order valence-electron chi connectivity index (χ2n) is 7.05. The van der Waals surface area contributed by atoms with Gasteiger partial charge in [0.2, 0.25) is 5.88 Å². The highest BCUT2D eigenvalue weighted by Crippen LogP contribution is 2.23. The minimum atomic E-state index is 0.158. The summed E-state index contributed by atoms with van der Waals surface area (Å²) in [7, 11) is 4.17. The van der Waals surface area contributed by atoms with Crippen LogP contribution in [-0.4, -0.2) is 43.7 Å². The van der Waals surface area contributed by atoms with E-state index in [-0.39, 0.29) is 5.41 Å². The molecule has 1 aromatic heterocycles. The van der Waals surface area contributed by atoms with E-state index in [0.717, 1.165) is 18.9 Å². The van der Waals surface area contributed by atoms with E-state index >= 15 is 0 Å². The van der Waals surface area contributed by atoms with Gasteiger partial charge in [-0.05, 0) is 37.6 Å². The molecule has 0 fully saturated rings. The number of nitrogens with one attached hydrogen (secondary N) is 1. The Morgan fingerprint density at radius 1 is 1.33 bits per heavy atom. The van der Waals surface area contributed by atoms with Crippen molar-refractivity contribution in [2.75, 3.05) is 44.8 Å². The second kappa shape index (κ2) is 7.50. The van der Waals surface area contributed by atoms with Crippen molar-refractivity contribution in [3.63, 3.8) is 0 Å². The Bertz CT molecular complexity index is 444. The van der Waals surface area contributed by atoms with Crippen LogP contribution in [0.3, 0.4) is 0 Å². The zero-order chi connectivity index (χ0) is 16.0. The van der Waals surface area contributed by atoms with Crippen LogP contribution in [0.15, 0.2) is 12.1 Å². The summed E-state index contributed by atoms with van der Waals surface area (Å²) in [4.78, 5) is 6.64. The topological polar surface area (TPSA) is 63.4 Å². The number of hydrogen-bond donors (Lipinski definition) is 2. The first-order chi connectivity index (χ1) is 9.69. The number of anilines is 2. The molecule has 0 aliphatic rings. The first-order valence-electron chi connectivity index (χ1n) is 7.47. The molecule has 5 nitrogen and oxygen atoms in total. The van der Waals surface area contributed by atoms with Gasteiger partial charge in [-0.15, -0.1) is 0 Å². The predicted molar refractivity (Wildman–Crippen MR) is 89.8 cm³/mol. The fourth-order valence-electron chi connectivity index (χ4n) is 2.15. The van der Waals surface area contributed by atoms with E-state index in [9.17, 15) is 0 Å². The van der Waals surface area contributed by atoms with Crippen molar-refractivity contribution in [3.05, 3.63) is 12.1 Å². The summed E-state index contributed by atoms with van der Waals surface area (Å²) in [6.45, 7) is 11.1. The molecule has 0 amide bonds. The van der Waals surface area contributed by atoms with Gasteiger partial charge in [0, 0.05) is 13.1 Å². The summed E-state index contributed by atoms with van der Waals surface area (Å²) in [6, 6.07) is 3.73. The van der Waals surface area contributed by atoms with E-state index in [4.69, 9.17) is 10.5 Å². The zero-order valence-electron chi connectivity index (χ0n) is 14.2. The maximum Gasteiger partial charge on any atom is 0.239 e. The lowest BCUT2D eigenvalue weighted by atomic mass is 9.93. The third-order valence-electron chi connectivity index (χ3n) is 2.94. The molecule has 0 unspecified atom stereocenters. The van der Waals surface area contributed by atoms with Crippen molar-refractivity contribution in [3.8, 4) is 5.88 Å². The van der Waals surface area contributed by atoms with Crippen molar-refractivity contribution in [2.24, 2.45) is 11.3 Å². The Morgan fingerprint density at radius 3 is 2.57 bits per heavy atom. The largest absolute Gasteiger partial charge is 0.476 e. The zero-order valence-corrected chi connectivity index (χ0v) is 14.2. The molecule has 0 spiro atoms. The van der Waals surface area contributed by atoms with E-state index in [1.807, 2.05) is 12.1 Å². The van der Waals surface area contributed by atoms with E-state index in [1.54, 1.807) is 0 Å². The molecule has 0 aliphatic heterocycles. The Hall–Kier alpha value is -1.49. The second-order valence-corrected chi connectivity index (χ2v) is 7.05. The Labute approximate surface area is 128 Å². The number of rotatable bonds is 8. The van der Waals surface area contributed by atoms with Gasteiger partial charge in [0.05, 0.1) is 12.3 Å². The standard InChI is InChI=1S/C16H30N4O/c1-12(2)9-21-15-13(17)7-8-14(19-15)18-10-16(3,4)11-20(5)6/h7-8,12H,9-11,17H2,1-6H3,(H,18,19). The van der Waals surface area contributed by atoms with E-state index in [2.05, 4.69) is 57.0 Å². The van der Waals surface area contributed by atoms with Crippen LogP contribution in [0.5, 0.6) is 5.88 Å². The van der Waals surface area contributed by atoms with Crippen LogP contribution in [-0.2, 0) is 0 Å². The minimum Gasteiger partial charge on any atom is -0.476 e. The number of pyridine rings is 1. The maximum absolute atomic E-state index is 5.90. The van der Waals surface area contributed by atoms with Gasteiger partial charge in [-0.1, -0.05) is 27.7 Å². The van der Waals surface area contributed by atoms with Gasteiger partial charge < -0.3 is 20.7 Å². The Kier molecular flexibility index (Phi) is 6.27. The number of nitrogens with zero attached hydrogens (tertiary/aromatic N) is 2. The van der Waals surface area contributed by atoms with Crippen molar-refractivity contribution in [2.45, 2.75) is 27.7 Å². The van der Waals surface area contributed by atoms with Gasteiger partial charge in [0.15, 0.2) is 0 Å². The molecule has 0 radical (unpaired) electrons. The Balaban J connectivity index is 2.65. The van der Waals surface area contributed by atoms with Gasteiger partial charge in [-0.2, -0.15) is 4.98 Å². The third kappa shape index (κ3) is 6.67. The van der Waals surface area contributed by atoms with Crippen molar-refractivity contribution >= 4 is 11.5 Å². The van der Waals surface area contributed by atoms with Crippen molar-refractivity contribution < 1.29 is 4.74 Å². The van der Waals surface area contributed by atoms with E-state index in [1.165, 1.54) is 0 Å². The third-order valence-corrected chi connectivity index (χ3v) is 2.94. The van der Waals surface area contributed by atoms with Crippen LogP contribution < -0.4 is 15.8 Å². The highest BCUT2D eigenvalue weighted by molar-refractivity contribution is 5.53. The molecular formula is C16H30N4O. The van der Waals surface area contributed by atoms with Crippen LogP contribution in [0.25, 0.3) is 0 Å².